The van der Waals surface area contributed by atoms with Gasteiger partial charge in [0, 0.05) is 24.4 Å². The molecule has 0 heterocycles. The van der Waals surface area contributed by atoms with Gasteiger partial charge in [-0.1, -0.05) is 30.7 Å². The fourth-order valence-corrected chi connectivity index (χ4v) is 3.84. The maximum absolute atomic E-state index is 12.0. The van der Waals surface area contributed by atoms with Crippen molar-refractivity contribution in [2.75, 3.05) is 20.4 Å². The minimum atomic E-state index is -0.0525. The van der Waals surface area contributed by atoms with Gasteiger partial charge in [0.15, 0.2) is 0 Å². The molecule has 122 valence electrons. The third-order valence-corrected chi connectivity index (χ3v) is 5.22. The molecular weight excluding hydrogens is 294 g/mol. The van der Waals surface area contributed by atoms with Crippen LogP contribution < -0.4 is 10.6 Å². The maximum Gasteiger partial charge on any atom is 0.315 e. The monoisotopic (exact) mass is 321 g/mol. The number of hydrogen-bond acceptors (Lipinski definition) is 3. The molecule has 1 aliphatic rings. The first-order valence-electron chi connectivity index (χ1n) is 7.88. The third kappa shape index (κ3) is 5.21. The second-order valence-corrected chi connectivity index (χ2v) is 7.27. The van der Waals surface area contributed by atoms with Gasteiger partial charge in [-0.25, -0.2) is 4.79 Å². The molecular formula is C17H27N3OS. The summed E-state index contributed by atoms with van der Waals surface area (Å²) < 4.78 is 0. The molecule has 0 radical (unpaired) electrons. The van der Waals surface area contributed by atoms with E-state index in [2.05, 4.69) is 60.2 Å². The fourth-order valence-electron chi connectivity index (χ4n) is 2.90. The van der Waals surface area contributed by atoms with Crippen molar-refractivity contribution in [1.82, 2.24) is 15.5 Å². The van der Waals surface area contributed by atoms with Gasteiger partial charge in [-0.05, 0) is 44.3 Å². The Hall–Kier alpha value is -1.20. The van der Waals surface area contributed by atoms with E-state index >= 15 is 0 Å². The molecule has 1 saturated carbocycles. The van der Waals surface area contributed by atoms with Crippen LogP contribution in [0.25, 0.3) is 0 Å². The molecule has 2 amide bonds. The molecule has 0 unspecified atom stereocenters. The highest BCUT2D eigenvalue weighted by Gasteiger charge is 2.27. The number of thioether (sulfide) groups is 1. The van der Waals surface area contributed by atoms with Gasteiger partial charge in [-0.15, -0.1) is 0 Å². The van der Waals surface area contributed by atoms with Crippen LogP contribution in [0.15, 0.2) is 24.3 Å². The van der Waals surface area contributed by atoms with E-state index in [1.165, 1.54) is 18.4 Å². The lowest BCUT2D eigenvalue weighted by molar-refractivity contribution is 0.237. The minimum Gasteiger partial charge on any atom is -0.334 e. The Morgan fingerprint density at radius 3 is 2.55 bits per heavy atom. The van der Waals surface area contributed by atoms with Crippen molar-refractivity contribution in [3.05, 3.63) is 35.4 Å². The highest BCUT2D eigenvalue weighted by Crippen LogP contribution is 2.28. The lowest BCUT2D eigenvalue weighted by Crippen LogP contribution is -2.44. The van der Waals surface area contributed by atoms with Gasteiger partial charge >= 0.3 is 6.03 Å². The highest BCUT2D eigenvalue weighted by molar-refractivity contribution is 7.99. The molecule has 1 aromatic carbocycles. The predicted octanol–water partition coefficient (Wildman–Crippen LogP) is 2.83. The molecule has 2 atom stereocenters. The first kappa shape index (κ1) is 17.2. The maximum atomic E-state index is 12.0. The minimum absolute atomic E-state index is 0.0525. The van der Waals surface area contributed by atoms with Crippen molar-refractivity contribution < 1.29 is 4.79 Å². The van der Waals surface area contributed by atoms with Crippen LogP contribution in [-0.4, -0.2) is 42.6 Å². The van der Waals surface area contributed by atoms with Crippen LogP contribution >= 0.6 is 11.8 Å². The Balaban J connectivity index is 1.76. The Morgan fingerprint density at radius 1 is 1.23 bits per heavy atom. The number of nitrogens with zero attached hydrogens (tertiary/aromatic N) is 1. The van der Waals surface area contributed by atoms with Crippen molar-refractivity contribution >= 4 is 17.8 Å². The van der Waals surface area contributed by atoms with Crippen molar-refractivity contribution in [2.45, 2.75) is 43.6 Å². The smallest absolute Gasteiger partial charge is 0.315 e. The summed E-state index contributed by atoms with van der Waals surface area (Å²) in [6.07, 6.45) is 5.64. The van der Waals surface area contributed by atoms with E-state index in [9.17, 15) is 4.79 Å². The molecule has 2 N–H and O–H groups in total. The average Bonchev–Trinajstić information content (AvgIpc) is 2.93. The SMILES string of the molecule is CS[C@@H]1CCC[C@H]1NC(=O)NCc1ccc(CN(C)C)cc1. The Morgan fingerprint density at radius 2 is 1.91 bits per heavy atom. The summed E-state index contributed by atoms with van der Waals surface area (Å²) in [5.41, 5.74) is 2.41. The molecule has 0 bridgehead atoms. The Kier molecular flexibility index (Phi) is 6.58. The topological polar surface area (TPSA) is 44.4 Å². The zero-order valence-corrected chi connectivity index (χ0v) is 14.6. The number of amides is 2. The number of nitrogens with one attached hydrogen (secondary N) is 2. The zero-order chi connectivity index (χ0) is 15.9. The largest absolute Gasteiger partial charge is 0.334 e. The van der Waals surface area contributed by atoms with Crippen LogP contribution in [0.5, 0.6) is 0 Å². The lowest BCUT2D eigenvalue weighted by Gasteiger charge is -2.19. The van der Waals surface area contributed by atoms with E-state index in [1.54, 1.807) is 0 Å². The number of rotatable bonds is 6. The molecule has 0 spiro atoms. The van der Waals surface area contributed by atoms with Gasteiger partial charge in [-0.3, -0.25) is 0 Å². The summed E-state index contributed by atoms with van der Waals surface area (Å²) in [4.78, 5) is 14.2. The second kappa shape index (κ2) is 8.44. The summed E-state index contributed by atoms with van der Waals surface area (Å²) >= 11 is 1.86. The van der Waals surface area contributed by atoms with E-state index < -0.39 is 0 Å². The van der Waals surface area contributed by atoms with Crippen molar-refractivity contribution in [1.29, 1.82) is 0 Å². The summed E-state index contributed by atoms with van der Waals surface area (Å²) in [7, 11) is 4.12. The van der Waals surface area contributed by atoms with E-state index in [1.807, 2.05) is 11.8 Å². The standard InChI is InChI=1S/C17H27N3OS/c1-20(2)12-14-9-7-13(8-10-14)11-18-17(21)19-15-5-4-6-16(15)22-3/h7-10,15-16H,4-6,11-12H2,1-3H3,(H2,18,19,21)/t15-,16-/m1/s1. The van der Waals surface area contributed by atoms with Gasteiger partial charge in [0.25, 0.3) is 0 Å². The van der Waals surface area contributed by atoms with Crippen LogP contribution in [0.1, 0.15) is 30.4 Å². The Bertz CT molecular complexity index is 475. The summed E-state index contributed by atoms with van der Waals surface area (Å²) in [6, 6.07) is 8.67. The summed E-state index contributed by atoms with van der Waals surface area (Å²) in [5, 5.41) is 6.64. The molecule has 2 rings (SSSR count). The molecule has 0 aromatic heterocycles. The summed E-state index contributed by atoms with van der Waals surface area (Å²) in [5.74, 6) is 0. The van der Waals surface area contributed by atoms with Gasteiger partial charge in [-0.2, -0.15) is 11.8 Å². The van der Waals surface area contributed by atoms with Gasteiger partial charge in [0.2, 0.25) is 0 Å². The Labute approximate surface area is 138 Å². The van der Waals surface area contributed by atoms with Crippen molar-refractivity contribution in [3.8, 4) is 0 Å². The van der Waals surface area contributed by atoms with E-state index in [0.29, 0.717) is 17.8 Å². The molecule has 1 aliphatic carbocycles. The molecule has 0 saturated heterocycles. The fraction of sp³-hybridized carbons (Fsp3) is 0.588. The van der Waals surface area contributed by atoms with Gasteiger partial charge in [0.1, 0.15) is 0 Å². The molecule has 1 aromatic rings. The third-order valence-electron chi connectivity index (χ3n) is 4.05. The molecule has 1 fully saturated rings. The van der Waals surface area contributed by atoms with E-state index in [-0.39, 0.29) is 6.03 Å². The number of carbonyl (C=O) groups is 1. The highest BCUT2D eigenvalue weighted by atomic mass is 32.2. The lowest BCUT2D eigenvalue weighted by atomic mass is 10.1. The molecule has 5 heteroatoms. The van der Waals surface area contributed by atoms with Crippen molar-refractivity contribution in [2.24, 2.45) is 0 Å². The van der Waals surface area contributed by atoms with Crippen LogP contribution in [0.2, 0.25) is 0 Å². The number of benzene rings is 1. The second-order valence-electron chi connectivity index (χ2n) is 6.19. The normalized spacial score (nSPS) is 21.1. The number of hydrogen-bond donors (Lipinski definition) is 2. The molecule has 4 nitrogen and oxygen atoms in total. The van der Waals surface area contributed by atoms with Gasteiger partial charge < -0.3 is 15.5 Å². The van der Waals surface area contributed by atoms with Crippen molar-refractivity contribution in [3.63, 3.8) is 0 Å². The van der Waals surface area contributed by atoms with Crippen LogP contribution in [0.4, 0.5) is 4.79 Å². The first-order valence-corrected chi connectivity index (χ1v) is 9.17. The number of urea groups is 1. The number of carbonyl (C=O) groups excluding carboxylic acids is 1. The van der Waals surface area contributed by atoms with Gasteiger partial charge in [0.05, 0.1) is 0 Å². The van der Waals surface area contributed by atoms with Crippen LogP contribution in [0, 0.1) is 0 Å². The first-order chi connectivity index (χ1) is 10.6. The summed E-state index contributed by atoms with van der Waals surface area (Å²) in [6.45, 7) is 1.51. The van der Waals surface area contributed by atoms with E-state index in [4.69, 9.17) is 0 Å². The van der Waals surface area contributed by atoms with Crippen LogP contribution in [-0.2, 0) is 13.1 Å². The average molecular weight is 321 g/mol. The molecule has 0 aliphatic heterocycles. The van der Waals surface area contributed by atoms with Crippen LogP contribution in [0.3, 0.4) is 0 Å². The zero-order valence-electron chi connectivity index (χ0n) is 13.8. The van der Waals surface area contributed by atoms with E-state index in [0.717, 1.165) is 18.5 Å². The predicted molar refractivity (Wildman–Crippen MR) is 94.1 cm³/mol. The molecule has 22 heavy (non-hydrogen) atoms. The quantitative estimate of drug-likeness (QED) is 0.847.